The minimum Gasteiger partial charge on any atom is -0.466 e. The number of carbonyl (C=O) groups excluding carboxylic acids is 2. The molecule has 0 saturated carbocycles. The zero-order chi connectivity index (χ0) is 15.8. The van der Waals surface area contributed by atoms with Crippen LogP contribution >= 0.6 is 0 Å². The van der Waals surface area contributed by atoms with Crippen molar-refractivity contribution in [3.05, 3.63) is 42.0 Å². The third-order valence-electron chi connectivity index (χ3n) is 2.73. The first-order valence-electron chi connectivity index (χ1n) is 6.87. The minimum atomic E-state index is -0.365. The number of nitrogens with one attached hydrogen (secondary N) is 1. The molecule has 8 heteroatoms. The summed E-state index contributed by atoms with van der Waals surface area (Å²) in [6.45, 7) is 2.50. The number of nitrogens with zero attached hydrogens (tertiary/aromatic N) is 4. The molecule has 2 aromatic heterocycles. The summed E-state index contributed by atoms with van der Waals surface area (Å²) in [5, 5.41) is 10.4. The number of hydrogen-bond acceptors (Lipinski definition) is 6. The van der Waals surface area contributed by atoms with Gasteiger partial charge in [0.2, 0.25) is 5.91 Å². The van der Waals surface area contributed by atoms with Crippen molar-refractivity contribution in [2.75, 3.05) is 6.61 Å². The van der Waals surface area contributed by atoms with Crippen molar-refractivity contribution in [3.8, 4) is 0 Å². The standard InChI is InChI=1S/C14H17N5O3/c1-2-22-14(21)6-12-9-19(18-17-12)10-13(20)16-8-11-4-3-5-15-7-11/h3-5,7,9H,2,6,8,10H2,1H3,(H,16,20). The summed E-state index contributed by atoms with van der Waals surface area (Å²) in [5.74, 6) is -0.563. The zero-order valence-corrected chi connectivity index (χ0v) is 12.2. The third kappa shape index (κ3) is 4.97. The molecule has 2 aromatic rings. The van der Waals surface area contributed by atoms with Crippen LogP contribution in [-0.2, 0) is 33.8 Å². The lowest BCUT2D eigenvalue weighted by molar-refractivity contribution is -0.142. The first kappa shape index (κ1) is 15.6. The summed E-state index contributed by atoms with van der Waals surface area (Å²) in [7, 11) is 0. The highest BCUT2D eigenvalue weighted by molar-refractivity contribution is 5.75. The number of esters is 1. The van der Waals surface area contributed by atoms with Crippen LogP contribution in [0.2, 0.25) is 0 Å². The molecule has 2 heterocycles. The van der Waals surface area contributed by atoms with Crippen molar-refractivity contribution in [1.82, 2.24) is 25.3 Å². The van der Waals surface area contributed by atoms with Crippen molar-refractivity contribution in [1.29, 1.82) is 0 Å². The fourth-order valence-corrected chi connectivity index (χ4v) is 1.76. The molecule has 8 nitrogen and oxygen atoms in total. The van der Waals surface area contributed by atoms with E-state index in [-0.39, 0.29) is 24.8 Å². The summed E-state index contributed by atoms with van der Waals surface area (Å²) >= 11 is 0. The molecule has 116 valence electrons. The van der Waals surface area contributed by atoms with Gasteiger partial charge in [0, 0.05) is 25.1 Å². The molecule has 0 fully saturated rings. The first-order chi connectivity index (χ1) is 10.7. The molecule has 0 aliphatic carbocycles. The highest BCUT2D eigenvalue weighted by Gasteiger charge is 2.10. The second-order valence-electron chi connectivity index (χ2n) is 4.53. The Balaban J connectivity index is 1.79. The van der Waals surface area contributed by atoms with Gasteiger partial charge in [-0.15, -0.1) is 5.10 Å². The Labute approximate surface area is 127 Å². The van der Waals surface area contributed by atoms with E-state index < -0.39 is 0 Å². The molecule has 1 amide bonds. The molecule has 22 heavy (non-hydrogen) atoms. The number of carbonyl (C=O) groups is 2. The molecule has 2 rings (SSSR count). The fourth-order valence-electron chi connectivity index (χ4n) is 1.76. The lowest BCUT2D eigenvalue weighted by atomic mass is 10.3. The molecule has 0 saturated heterocycles. The highest BCUT2D eigenvalue weighted by atomic mass is 16.5. The fraction of sp³-hybridized carbons (Fsp3) is 0.357. The number of amides is 1. The van der Waals surface area contributed by atoms with Gasteiger partial charge in [0.25, 0.3) is 0 Å². The molecule has 0 radical (unpaired) electrons. The van der Waals surface area contributed by atoms with E-state index >= 15 is 0 Å². The third-order valence-corrected chi connectivity index (χ3v) is 2.73. The number of ether oxygens (including phenoxy) is 1. The Bertz CT molecular complexity index is 626. The van der Waals surface area contributed by atoms with E-state index in [9.17, 15) is 9.59 Å². The van der Waals surface area contributed by atoms with Crippen LogP contribution in [0.15, 0.2) is 30.7 Å². The Morgan fingerprint density at radius 2 is 2.27 bits per heavy atom. The predicted molar refractivity (Wildman–Crippen MR) is 76.4 cm³/mol. The van der Waals surface area contributed by atoms with E-state index in [0.717, 1.165) is 5.56 Å². The van der Waals surface area contributed by atoms with Crippen LogP contribution in [0.4, 0.5) is 0 Å². The lowest BCUT2D eigenvalue weighted by Gasteiger charge is -2.04. The van der Waals surface area contributed by atoms with Crippen molar-refractivity contribution in [2.45, 2.75) is 26.4 Å². The van der Waals surface area contributed by atoms with E-state index in [1.165, 1.54) is 4.68 Å². The molecular weight excluding hydrogens is 286 g/mol. The van der Waals surface area contributed by atoms with E-state index in [2.05, 4.69) is 20.6 Å². The quantitative estimate of drug-likeness (QED) is 0.728. The van der Waals surface area contributed by atoms with Crippen LogP contribution < -0.4 is 5.32 Å². The van der Waals surface area contributed by atoms with Crippen LogP contribution in [0.3, 0.4) is 0 Å². The monoisotopic (exact) mass is 303 g/mol. The van der Waals surface area contributed by atoms with Crippen molar-refractivity contribution >= 4 is 11.9 Å². The summed E-state index contributed by atoms with van der Waals surface area (Å²) in [6, 6.07) is 3.68. The number of hydrogen-bond donors (Lipinski definition) is 1. The summed E-state index contributed by atoms with van der Waals surface area (Å²) in [4.78, 5) is 27.1. The van der Waals surface area contributed by atoms with Crippen molar-refractivity contribution in [2.24, 2.45) is 0 Å². The maximum Gasteiger partial charge on any atom is 0.311 e. The van der Waals surface area contributed by atoms with Gasteiger partial charge in [-0.1, -0.05) is 11.3 Å². The molecule has 0 atom stereocenters. The van der Waals surface area contributed by atoms with Gasteiger partial charge in [-0.3, -0.25) is 14.6 Å². The summed E-state index contributed by atoms with van der Waals surface area (Å²) in [5.41, 5.74) is 1.39. The molecule has 0 unspecified atom stereocenters. The van der Waals surface area contributed by atoms with Gasteiger partial charge in [0.1, 0.15) is 6.54 Å². The van der Waals surface area contributed by atoms with Gasteiger partial charge >= 0.3 is 5.97 Å². The van der Waals surface area contributed by atoms with Gasteiger partial charge in [0.15, 0.2) is 0 Å². The second-order valence-corrected chi connectivity index (χ2v) is 4.53. The molecule has 0 aliphatic rings. The largest absolute Gasteiger partial charge is 0.466 e. The highest BCUT2D eigenvalue weighted by Crippen LogP contribution is 1.98. The molecule has 0 bridgehead atoms. The second kappa shape index (κ2) is 7.87. The van der Waals surface area contributed by atoms with Crippen LogP contribution in [-0.4, -0.2) is 38.5 Å². The van der Waals surface area contributed by atoms with E-state index in [1.54, 1.807) is 31.6 Å². The van der Waals surface area contributed by atoms with Crippen LogP contribution in [0.5, 0.6) is 0 Å². The van der Waals surface area contributed by atoms with E-state index in [4.69, 9.17) is 4.74 Å². The van der Waals surface area contributed by atoms with Gasteiger partial charge < -0.3 is 10.1 Å². The molecule has 1 N–H and O–H groups in total. The van der Waals surface area contributed by atoms with Gasteiger partial charge in [0.05, 0.1) is 18.7 Å². The Kier molecular flexibility index (Phi) is 5.58. The van der Waals surface area contributed by atoms with Crippen LogP contribution in [0.1, 0.15) is 18.2 Å². The Morgan fingerprint density at radius 1 is 1.41 bits per heavy atom. The van der Waals surface area contributed by atoms with Gasteiger partial charge in [-0.2, -0.15) is 0 Å². The predicted octanol–water partition coefficient (Wildman–Crippen LogP) is 0.0951. The van der Waals surface area contributed by atoms with E-state index in [1.807, 2.05) is 6.07 Å². The topological polar surface area (TPSA) is 99.0 Å². The smallest absolute Gasteiger partial charge is 0.311 e. The SMILES string of the molecule is CCOC(=O)Cc1cn(CC(=O)NCc2cccnc2)nn1. The van der Waals surface area contributed by atoms with Gasteiger partial charge in [-0.25, -0.2) is 4.68 Å². The van der Waals surface area contributed by atoms with Crippen molar-refractivity contribution in [3.63, 3.8) is 0 Å². The molecule has 0 spiro atoms. The summed E-state index contributed by atoms with van der Waals surface area (Å²) in [6.07, 6.45) is 4.96. The molecule has 0 aliphatic heterocycles. The zero-order valence-electron chi connectivity index (χ0n) is 12.2. The summed E-state index contributed by atoms with van der Waals surface area (Å²) < 4.78 is 6.20. The first-order valence-corrected chi connectivity index (χ1v) is 6.87. The van der Waals surface area contributed by atoms with Crippen molar-refractivity contribution < 1.29 is 14.3 Å². The average Bonchev–Trinajstić information content (AvgIpc) is 2.93. The number of rotatable bonds is 7. The maximum atomic E-state index is 11.8. The maximum absolute atomic E-state index is 11.8. The van der Waals surface area contributed by atoms with Gasteiger partial charge in [-0.05, 0) is 18.6 Å². The lowest BCUT2D eigenvalue weighted by Crippen LogP contribution is -2.27. The number of pyridine rings is 1. The molecular formula is C14H17N5O3. The van der Waals surface area contributed by atoms with E-state index in [0.29, 0.717) is 18.8 Å². The molecule has 0 aromatic carbocycles. The Morgan fingerprint density at radius 3 is 3.00 bits per heavy atom. The number of aromatic nitrogens is 4. The van der Waals surface area contributed by atoms with Crippen LogP contribution in [0, 0.1) is 0 Å². The average molecular weight is 303 g/mol. The Hall–Kier alpha value is -2.77. The normalized spacial score (nSPS) is 10.2. The minimum absolute atomic E-state index is 0.0378. The van der Waals surface area contributed by atoms with Crippen LogP contribution in [0.25, 0.3) is 0 Å².